The number of anilines is 1. The van der Waals surface area contributed by atoms with Crippen LogP contribution in [0.5, 0.6) is 5.75 Å². The van der Waals surface area contributed by atoms with Crippen molar-refractivity contribution in [2.24, 2.45) is 0 Å². The standard InChI is InChI=1S/C8H12N2O3S/c1-10-14(11,12)6-3-4-8(13-2)7(9)5-6/h3-5,10H,9H2,1-2H3. The second-order valence-electron chi connectivity index (χ2n) is 2.61. The van der Waals surface area contributed by atoms with Gasteiger partial charge < -0.3 is 10.5 Å². The maximum atomic E-state index is 11.3. The van der Waals surface area contributed by atoms with Gasteiger partial charge in [-0.2, -0.15) is 0 Å². The van der Waals surface area contributed by atoms with Gasteiger partial charge >= 0.3 is 0 Å². The molecular weight excluding hydrogens is 204 g/mol. The summed E-state index contributed by atoms with van der Waals surface area (Å²) in [5.41, 5.74) is 5.86. The highest BCUT2D eigenvalue weighted by molar-refractivity contribution is 7.89. The Bertz CT molecular complexity index is 428. The summed E-state index contributed by atoms with van der Waals surface area (Å²) in [6.07, 6.45) is 0. The predicted octanol–water partition coefficient (Wildman–Crippen LogP) is 0.185. The van der Waals surface area contributed by atoms with E-state index in [1.54, 1.807) is 0 Å². The SMILES string of the molecule is CNS(=O)(=O)c1ccc(OC)c(N)c1. The van der Waals surface area contributed by atoms with Gasteiger partial charge in [0, 0.05) is 0 Å². The first-order valence-electron chi connectivity index (χ1n) is 3.88. The fraction of sp³-hybridized carbons (Fsp3) is 0.250. The van der Waals surface area contributed by atoms with Gasteiger partial charge in [0.15, 0.2) is 0 Å². The summed E-state index contributed by atoms with van der Waals surface area (Å²) in [7, 11) is -0.618. The zero-order chi connectivity index (χ0) is 10.8. The van der Waals surface area contributed by atoms with Crippen LogP contribution in [0.1, 0.15) is 0 Å². The van der Waals surface area contributed by atoms with E-state index >= 15 is 0 Å². The number of methoxy groups -OCH3 is 1. The minimum Gasteiger partial charge on any atom is -0.495 e. The number of hydrogen-bond donors (Lipinski definition) is 2. The van der Waals surface area contributed by atoms with Crippen molar-refractivity contribution in [3.8, 4) is 5.75 Å². The first-order valence-corrected chi connectivity index (χ1v) is 5.36. The van der Waals surface area contributed by atoms with E-state index in [9.17, 15) is 8.42 Å². The van der Waals surface area contributed by atoms with Crippen LogP contribution in [-0.2, 0) is 10.0 Å². The molecule has 0 heterocycles. The quantitative estimate of drug-likeness (QED) is 0.706. The highest BCUT2D eigenvalue weighted by Gasteiger charge is 2.12. The molecule has 0 aliphatic heterocycles. The minimum atomic E-state index is -3.43. The van der Waals surface area contributed by atoms with E-state index < -0.39 is 10.0 Å². The first-order chi connectivity index (χ1) is 6.51. The normalized spacial score (nSPS) is 11.3. The summed E-state index contributed by atoms with van der Waals surface area (Å²) in [4.78, 5) is 0.123. The van der Waals surface area contributed by atoms with E-state index in [1.165, 1.54) is 32.4 Å². The molecule has 0 aliphatic rings. The summed E-state index contributed by atoms with van der Waals surface area (Å²) in [5.74, 6) is 0.458. The fourth-order valence-corrected chi connectivity index (χ4v) is 1.76. The van der Waals surface area contributed by atoms with Gasteiger partial charge in [0.1, 0.15) is 5.75 Å². The number of nitrogens with two attached hydrogens (primary N) is 1. The van der Waals surface area contributed by atoms with Crippen LogP contribution in [0, 0.1) is 0 Å². The predicted molar refractivity (Wildman–Crippen MR) is 53.7 cm³/mol. The number of nitrogen functional groups attached to an aromatic ring is 1. The lowest BCUT2D eigenvalue weighted by molar-refractivity contribution is 0.416. The van der Waals surface area contributed by atoms with Gasteiger partial charge in [-0.05, 0) is 25.2 Å². The molecule has 5 nitrogen and oxygen atoms in total. The Kier molecular flexibility index (Phi) is 2.97. The Labute approximate surface area is 82.9 Å². The Morgan fingerprint density at radius 1 is 1.43 bits per heavy atom. The average molecular weight is 216 g/mol. The molecule has 0 radical (unpaired) electrons. The van der Waals surface area contributed by atoms with E-state index in [0.717, 1.165) is 0 Å². The molecule has 0 saturated carbocycles. The highest BCUT2D eigenvalue weighted by atomic mass is 32.2. The maximum Gasteiger partial charge on any atom is 0.240 e. The summed E-state index contributed by atoms with van der Waals surface area (Å²) >= 11 is 0. The molecule has 0 fully saturated rings. The molecule has 0 aromatic heterocycles. The Hall–Kier alpha value is -1.27. The minimum absolute atomic E-state index is 0.123. The molecule has 0 amide bonds. The van der Waals surface area contributed by atoms with E-state index in [0.29, 0.717) is 11.4 Å². The smallest absolute Gasteiger partial charge is 0.240 e. The van der Waals surface area contributed by atoms with Crippen molar-refractivity contribution < 1.29 is 13.2 Å². The number of hydrogen-bond acceptors (Lipinski definition) is 4. The van der Waals surface area contributed by atoms with Gasteiger partial charge in [-0.1, -0.05) is 0 Å². The second kappa shape index (κ2) is 3.85. The molecular formula is C8H12N2O3S. The van der Waals surface area contributed by atoms with Crippen LogP contribution in [0.25, 0.3) is 0 Å². The molecule has 0 spiro atoms. The topological polar surface area (TPSA) is 81.4 Å². The fourth-order valence-electron chi connectivity index (χ4n) is 0.997. The van der Waals surface area contributed by atoms with Crippen LogP contribution < -0.4 is 15.2 Å². The summed E-state index contributed by atoms with van der Waals surface area (Å²) < 4.78 is 29.8. The van der Waals surface area contributed by atoms with Gasteiger partial charge in [0.2, 0.25) is 10.0 Å². The third-order valence-electron chi connectivity index (χ3n) is 1.78. The zero-order valence-electron chi connectivity index (χ0n) is 7.94. The highest BCUT2D eigenvalue weighted by Crippen LogP contribution is 2.23. The van der Waals surface area contributed by atoms with Crippen molar-refractivity contribution in [1.29, 1.82) is 0 Å². The van der Waals surface area contributed by atoms with Crippen LogP contribution in [0.2, 0.25) is 0 Å². The van der Waals surface area contributed by atoms with Crippen molar-refractivity contribution in [2.75, 3.05) is 19.9 Å². The molecule has 0 bridgehead atoms. The lowest BCUT2D eigenvalue weighted by atomic mass is 10.3. The van der Waals surface area contributed by atoms with Crippen LogP contribution in [0.3, 0.4) is 0 Å². The number of sulfonamides is 1. The van der Waals surface area contributed by atoms with Gasteiger partial charge in [-0.25, -0.2) is 13.1 Å². The van der Waals surface area contributed by atoms with Gasteiger partial charge in [-0.15, -0.1) is 0 Å². The molecule has 1 rings (SSSR count). The lowest BCUT2D eigenvalue weighted by Gasteiger charge is -2.06. The zero-order valence-corrected chi connectivity index (χ0v) is 8.76. The molecule has 1 aromatic carbocycles. The average Bonchev–Trinajstić information content (AvgIpc) is 2.17. The van der Waals surface area contributed by atoms with Crippen molar-refractivity contribution in [3.05, 3.63) is 18.2 Å². The number of ether oxygens (including phenoxy) is 1. The van der Waals surface area contributed by atoms with Gasteiger partial charge in [-0.3, -0.25) is 0 Å². The third kappa shape index (κ3) is 1.97. The van der Waals surface area contributed by atoms with E-state index in [2.05, 4.69) is 4.72 Å². The van der Waals surface area contributed by atoms with Gasteiger partial charge in [0.25, 0.3) is 0 Å². The van der Waals surface area contributed by atoms with E-state index in [1.807, 2.05) is 0 Å². The Morgan fingerprint density at radius 3 is 2.50 bits per heavy atom. The number of rotatable bonds is 3. The largest absolute Gasteiger partial charge is 0.495 e. The number of nitrogens with one attached hydrogen (secondary N) is 1. The van der Waals surface area contributed by atoms with Crippen molar-refractivity contribution >= 4 is 15.7 Å². The molecule has 0 atom stereocenters. The Morgan fingerprint density at radius 2 is 2.07 bits per heavy atom. The maximum absolute atomic E-state index is 11.3. The summed E-state index contributed by atoms with van der Waals surface area (Å²) in [5, 5.41) is 0. The molecule has 14 heavy (non-hydrogen) atoms. The first kappa shape index (κ1) is 10.8. The molecule has 0 unspecified atom stereocenters. The van der Waals surface area contributed by atoms with Crippen molar-refractivity contribution in [1.82, 2.24) is 4.72 Å². The van der Waals surface area contributed by atoms with Crippen LogP contribution in [0.4, 0.5) is 5.69 Å². The second-order valence-corrected chi connectivity index (χ2v) is 4.50. The monoisotopic (exact) mass is 216 g/mol. The molecule has 1 aromatic rings. The van der Waals surface area contributed by atoms with Gasteiger partial charge in [0.05, 0.1) is 17.7 Å². The molecule has 0 saturated heterocycles. The molecule has 3 N–H and O–H groups in total. The molecule has 0 aliphatic carbocycles. The molecule has 78 valence electrons. The summed E-state index contributed by atoms with van der Waals surface area (Å²) in [6.45, 7) is 0. The van der Waals surface area contributed by atoms with Crippen molar-refractivity contribution in [2.45, 2.75) is 4.90 Å². The third-order valence-corrected chi connectivity index (χ3v) is 3.19. The van der Waals surface area contributed by atoms with Crippen LogP contribution >= 0.6 is 0 Å². The van der Waals surface area contributed by atoms with E-state index in [4.69, 9.17) is 10.5 Å². The lowest BCUT2D eigenvalue weighted by Crippen LogP contribution is -2.18. The van der Waals surface area contributed by atoms with E-state index in [-0.39, 0.29) is 4.90 Å². The van der Waals surface area contributed by atoms with Crippen LogP contribution in [0.15, 0.2) is 23.1 Å². The Balaban J connectivity index is 3.22. The number of benzene rings is 1. The molecule has 6 heteroatoms. The van der Waals surface area contributed by atoms with Crippen molar-refractivity contribution in [3.63, 3.8) is 0 Å². The summed E-state index contributed by atoms with van der Waals surface area (Å²) in [6, 6.07) is 4.30. The van der Waals surface area contributed by atoms with Crippen LogP contribution in [-0.4, -0.2) is 22.6 Å².